The summed E-state index contributed by atoms with van der Waals surface area (Å²) in [6.07, 6.45) is 3.28. The lowest BCUT2D eigenvalue weighted by atomic mass is 10.0. The zero-order chi connectivity index (χ0) is 20.7. The molecule has 0 saturated heterocycles. The Labute approximate surface area is 176 Å². The van der Waals surface area contributed by atoms with Crippen molar-refractivity contribution in [3.63, 3.8) is 0 Å². The van der Waals surface area contributed by atoms with E-state index in [2.05, 4.69) is 9.97 Å². The lowest BCUT2D eigenvalue weighted by Crippen LogP contribution is -2.23. The molecule has 0 radical (unpaired) electrons. The van der Waals surface area contributed by atoms with Crippen LogP contribution >= 0.6 is 22.7 Å². The SMILES string of the molecule is CC(C)(c1sccc1-c1cnc(-c2ccsc2C(C)(C)S(=O)[O-])nc1)S(=O)[O-]. The second-order valence-corrected chi connectivity index (χ2v) is 11.9. The summed E-state index contributed by atoms with van der Waals surface area (Å²) in [6.45, 7) is 6.60. The van der Waals surface area contributed by atoms with Gasteiger partial charge in [-0.25, -0.2) is 9.97 Å². The van der Waals surface area contributed by atoms with E-state index in [9.17, 15) is 17.5 Å². The average Bonchev–Trinajstić information content (AvgIpc) is 3.31. The van der Waals surface area contributed by atoms with Gasteiger partial charge >= 0.3 is 0 Å². The molecule has 2 atom stereocenters. The Balaban J connectivity index is 2.00. The monoisotopic (exact) mass is 454 g/mol. The molecule has 28 heavy (non-hydrogen) atoms. The molecule has 0 amide bonds. The molecular weight excluding hydrogens is 436 g/mol. The van der Waals surface area contributed by atoms with Crippen LogP contribution in [0.4, 0.5) is 0 Å². The largest absolute Gasteiger partial charge is 0.772 e. The number of rotatable bonds is 6. The van der Waals surface area contributed by atoms with Crippen LogP contribution in [0.2, 0.25) is 0 Å². The maximum Gasteiger partial charge on any atom is 0.160 e. The van der Waals surface area contributed by atoms with Gasteiger partial charge in [0, 0.05) is 38.8 Å². The van der Waals surface area contributed by atoms with Crippen molar-refractivity contribution in [2.75, 3.05) is 0 Å². The molecule has 0 aliphatic rings. The Kier molecular flexibility index (Phi) is 6.00. The number of thiophene rings is 2. The van der Waals surface area contributed by atoms with Gasteiger partial charge in [0.05, 0.1) is 9.49 Å². The molecular formula is C18H18N2O4S4-2. The van der Waals surface area contributed by atoms with Gasteiger partial charge in [-0.15, -0.1) is 22.7 Å². The number of nitrogens with zero attached hydrogens (tertiary/aromatic N) is 2. The van der Waals surface area contributed by atoms with E-state index in [-0.39, 0.29) is 0 Å². The van der Waals surface area contributed by atoms with E-state index in [4.69, 9.17) is 0 Å². The minimum Gasteiger partial charge on any atom is -0.772 e. The summed E-state index contributed by atoms with van der Waals surface area (Å²) in [4.78, 5) is 10.2. The van der Waals surface area contributed by atoms with Gasteiger partial charge in [-0.1, -0.05) is 0 Å². The second-order valence-electron chi connectivity index (χ2n) is 7.11. The third-order valence-corrected chi connectivity index (χ3v) is 9.27. The van der Waals surface area contributed by atoms with E-state index in [1.54, 1.807) is 40.1 Å². The van der Waals surface area contributed by atoms with Crippen molar-refractivity contribution in [1.29, 1.82) is 0 Å². The summed E-state index contributed by atoms with van der Waals surface area (Å²) in [5.74, 6) is 0.432. The van der Waals surface area contributed by atoms with E-state index in [1.165, 1.54) is 22.7 Å². The van der Waals surface area contributed by atoms with Crippen LogP contribution in [-0.4, -0.2) is 27.5 Å². The Hall–Kier alpha value is -1.30. The van der Waals surface area contributed by atoms with Crippen LogP contribution in [0.1, 0.15) is 37.4 Å². The molecule has 6 nitrogen and oxygen atoms in total. The Morgan fingerprint density at radius 3 is 1.71 bits per heavy atom. The number of hydrogen-bond acceptors (Lipinski definition) is 8. The minimum atomic E-state index is -2.29. The molecule has 0 fully saturated rings. The molecule has 0 bridgehead atoms. The van der Waals surface area contributed by atoms with Crippen LogP contribution in [0, 0.1) is 0 Å². The van der Waals surface area contributed by atoms with Crippen LogP contribution in [-0.2, 0) is 31.7 Å². The van der Waals surface area contributed by atoms with Gasteiger partial charge in [-0.2, -0.15) is 0 Å². The van der Waals surface area contributed by atoms with Gasteiger partial charge in [0.25, 0.3) is 0 Å². The standard InChI is InChI=1S/C18H20N2O4S4/c1-17(2,27(21)22)14-12(5-7-25-14)11-9-19-16(20-10-11)13-6-8-26-15(13)18(3,4)28(23)24/h5-10H,1-4H3,(H,21,22)(H,23,24)/p-2. The van der Waals surface area contributed by atoms with Crippen molar-refractivity contribution < 1.29 is 17.5 Å². The molecule has 10 heteroatoms. The first-order valence-electron chi connectivity index (χ1n) is 8.24. The zero-order valence-electron chi connectivity index (χ0n) is 15.6. The fraction of sp³-hybridized carbons (Fsp3) is 0.333. The molecule has 3 heterocycles. The second kappa shape index (κ2) is 7.85. The molecule has 0 spiro atoms. The molecule has 0 saturated carbocycles. The quantitative estimate of drug-likeness (QED) is 0.518. The third kappa shape index (κ3) is 3.77. The summed E-state index contributed by atoms with van der Waals surface area (Å²) in [5.41, 5.74) is 2.16. The normalized spacial score (nSPS) is 14.8. The highest BCUT2D eigenvalue weighted by molar-refractivity contribution is 7.80. The van der Waals surface area contributed by atoms with E-state index >= 15 is 0 Å². The van der Waals surface area contributed by atoms with Gasteiger partial charge < -0.3 is 9.11 Å². The highest BCUT2D eigenvalue weighted by Gasteiger charge is 2.29. The van der Waals surface area contributed by atoms with Crippen molar-refractivity contribution in [1.82, 2.24) is 9.97 Å². The minimum absolute atomic E-state index is 0.432. The smallest absolute Gasteiger partial charge is 0.160 e. The highest BCUT2D eigenvalue weighted by Crippen LogP contribution is 2.40. The van der Waals surface area contributed by atoms with E-state index < -0.39 is 31.7 Å². The fourth-order valence-corrected chi connectivity index (χ4v) is 5.78. The van der Waals surface area contributed by atoms with Gasteiger partial charge in [-0.3, -0.25) is 8.42 Å². The molecule has 0 aromatic carbocycles. The van der Waals surface area contributed by atoms with Crippen LogP contribution in [0.15, 0.2) is 35.3 Å². The summed E-state index contributed by atoms with van der Waals surface area (Å²) in [7, 11) is 0. The van der Waals surface area contributed by atoms with Crippen molar-refractivity contribution in [3.8, 4) is 22.5 Å². The lowest BCUT2D eigenvalue weighted by Gasteiger charge is -2.28. The first-order valence-corrected chi connectivity index (χ1v) is 12.1. The van der Waals surface area contributed by atoms with Crippen LogP contribution < -0.4 is 0 Å². The summed E-state index contributed by atoms with van der Waals surface area (Å²) >= 11 is -1.84. The molecule has 0 aliphatic heterocycles. The molecule has 3 rings (SSSR count). The van der Waals surface area contributed by atoms with Gasteiger partial charge in [-0.05, 0) is 72.7 Å². The van der Waals surface area contributed by atoms with Crippen molar-refractivity contribution in [2.24, 2.45) is 0 Å². The van der Waals surface area contributed by atoms with Crippen LogP contribution in [0.3, 0.4) is 0 Å². The first-order chi connectivity index (χ1) is 13.1. The van der Waals surface area contributed by atoms with Crippen molar-refractivity contribution in [3.05, 3.63) is 45.0 Å². The third-order valence-electron chi connectivity index (χ3n) is 4.46. The molecule has 150 valence electrons. The van der Waals surface area contributed by atoms with Gasteiger partial charge in [0.15, 0.2) is 5.82 Å². The molecule has 2 unspecified atom stereocenters. The molecule has 0 aliphatic carbocycles. The summed E-state index contributed by atoms with van der Waals surface area (Å²) in [6, 6.07) is 3.66. The maximum atomic E-state index is 11.6. The number of hydrogen-bond donors (Lipinski definition) is 0. The van der Waals surface area contributed by atoms with Crippen LogP contribution in [0.25, 0.3) is 22.5 Å². The lowest BCUT2D eigenvalue weighted by molar-refractivity contribution is 0.501. The molecule has 3 aromatic heterocycles. The van der Waals surface area contributed by atoms with Gasteiger partial charge in [0.2, 0.25) is 0 Å². The zero-order valence-corrected chi connectivity index (χ0v) is 18.9. The maximum absolute atomic E-state index is 11.6. The summed E-state index contributed by atoms with van der Waals surface area (Å²) in [5, 5.41) is 3.66. The summed E-state index contributed by atoms with van der Waals surface area (Å²) < 4.78 is 44.4. The average molecular weight is 455 g/mol. The Morgan fingerprint density at radius 1 is 0.821 bits per heavy atom. The van der Waals surface area contributed by atoms with Crippen LogP contribution in [0.5, 0.6) is 0 Å². The first kappa shape index (κ1) is 21.4. The Bertz CT molecular complexity index is 955. The Morgan fingerprint density at radius 2 is 1.25 bits per heavy atom. The van der Waals surface area contributed by atoms with Crippen molar-refractivity contribution in [2.45, 2.75) is 37.2 Å². The molecule has 3 aromatic rings. The molecule has 0 N–H and O–H groups in total. The number of aromatic nitrogens is 2. The topological polar surface area (TPSA) is 106 Å². The van der Waals surface area contributed by atoms with Gasteiger partial charge in [0.1, 0.15) is 0 Å². The van der Waals surface area contributed by atoms with E-state index in [1.807, 2.05) is 22.9 Å². The highest BCUT2D eigenvalue weighted by atomic mass is 32.2. The predicted molar refractivity (Wildman–Crippen MR) is 113 cm³/mol. The van der Waals surface area contributed by atoms with Crippen molar-refractivity contribution >= 4 is 44.8 Å². The fourth-order valence-electron chi connectivity index (χ4n) is 2.71. The predicted octanol–water partition coefficient (Wildman–Crippen LogP) is 4.16. The van der Waals surface area contributed by atoms with E-state index in [0.717, 1.165) is 10.4 Å². The van der Waals surface area contributed by atoms with E-state index in [0.29, 0.717) is 21.8 Å².